The van der Waals surface area contributed by atoms with Crippen LogP contribution in [-0.4, -0.2) is 39.1 Å². The van der Waals surface area contributed by atoms with Gasteiger partial charge in [0.2, 0.25) is 0 Å². The lowest BCUT2D eigenvalue weighted by atomic mass is 9.84. The standard InChI is InChI=1S/C17H17ClN2O4S/c18-15-6-5-14(25-15)13-8-10(19-24-13)16(21)20-11-4-2-1-3-9(11)7-12(20)17(22)23/h5-6,8-9,11-12H,1-4,7H2,(H,22,23). The van der Waals surface area contributed by atoms with E-state index in [-0.39, 0.29) is 23.6 Å². The molecule has 3 unspecified atom stereocenters. The Morgan fingerprint density at radius 2 is 2.12 bits per heavy atom. The molecule has 3 heterocycles. The summed E-state index contributed by atoms with van der Waals surface area (Å²) in [6.07, 6.45) is 4.48. The lowest BCUT2D eigenvalue weighted by Gasteiger charge is -2.32. The number of hydrogen-bond donors (Lipinski definition) is 1. The van der Waals surface area contributed by atoms with Crippen LogP contribution in [-0.2, 0) is 4.79 Å². The minimum Gasteiger partial charge on any atom is -0.480 e. The smallest absolute Gasteiger partial charge is 0.326 e. The normalized spacial score (nSPS) is 25.8. The number of thiophene rings is 1. The van der Waals surface area contributed by atoms with Gasteiger partial charge in [-0.15, -0.1) is 11.3 Å². The van der Waals surface area contributed by atoms with E-state index in [0.717, 1.165) is 30.6 Å². The van der Waals surface area contributed by atoms with Crippen LogP contribution >= 0.6 is 22.9 Å². The summed E-state index contributed by atoms with van der Waals surface area (Å²) in [5.74, 6) is -0.580. The second kappa shape index (κ2) is 6.46. The molecule has 1 saturated carbocycles. The molecule has 2 fully saturated rings. The number of aliphatic carboxylic acids is 1. The molecule has 0 spiro atoms. The summed E-state index contributed by atoms with van der Waals surface area (Å²) >= 11 is 7.26. The van der Waals surface area contributed by atoms with Gasteiger partial charge in [-0.05, 0) is 37.3 Å². The number of rotatable bonds is 3. The Morgan fingerprint density at radius 1 is 1.32 bits per heavy atom. The van der Waals surface area contributed by atoms with Crippen molar-refractivity contribution < 1.29 is 19.2 Å². The third kappa shape index (κ3) is 2.95. The molecule has 2 aliphatic rings. The molecule has 1 saturated heterocycles. The van der Waals surface area contributed by atoms with E-state index in [1.807, 2.05) is 0 Å². The van der Waals surface area contributed by atoms with Crippen molar-refractivity contribution in [2.45, 2.75) is 44.2 Å². The molecule has 4 rings (SSSR count). The Hall–Kier alpha value is -1.86. The van der Waals surface area contributed by atoms with E-state index >= 15 is 0 Å². The predicted molar refractivity (Wildman–Crippen MR) is 92.8 cm³/mol. The first-order valence-electron chi connectivity index (χ1n) is 8.32. The van der Waals surface area contributed by atoms with Crippen molar-refractivity contribution in [3.63, 3.8) is 0 Å². The minimum atomic E-state index is -0.948. The number of nitrogens with zero attached hydrogens (tertiary/aromatic N) is 2. The lowest BCUT2D eigenvalue weighted by Crippen LogP contribution is -2.46. The van der Waals surface area contributed by atoms with Crippen molar-refractivity contribution in [3.8, 4) is 10.6 Å². The van der Waals surface area contributed by atoms with Gasteiger partial charge in [0.25, 0.3) is 5.91 Å². The fourth-order valence-corrected chi connectivity index (χ4v) is 5.04. The molecular weight excluding hydrogens is 364 g/mol. The maximum absolute atomic E-state index is 13.0. The maximum atomic E-state index is 13.0. The van der Waals surface area contributed by atoms with E-state index in [2.05, 4.69) is 5.16 Å². The lowest BCUT2D eigenvalue weighted by molar-refractivity contribution is -0.141. The molecule has 25 heavy (non-hydrogen) atoms. The van der Waals surface area contributed by atoms with E-state index in [4.69, 9.17) is 16.1 Å². The summed E-state index contributed by atoms with van der Waals surface area (Å²) in [4.78, 5) is 27.0. The maximum Gasteiger partial charge on any atom is 0.326 e. The average molecular weight is 381 g/mol. The van der Waals surface area contributed by atoms with Gasteiger partial charge in [0.15, 0.2) is 11.5 Å². The molecule has 0 aromatic carbocycles. The largest absolute Gasteiger partial charge is 0.480 e. The van der Waals surface area contributed by atoms with Crippen molar-refractivity contribution >= 4 is 34.8 Å². The molecule has 1 N–H and O–H groups in total. The summed E-state index contributed by atoms with van der Waals surface area (Å²) in [5.41, 5.74) is 0.150. The zero-order valence-electron chi connectivity index (χ0n) is 13.4. The van der Waals surface area contributed by atoms with Gasteiger partial charge in [-0.3, -0.25) is 4.79 Å². The molecule has 0 radical (unpaired) electrons. The van der Waals surface area contributed by atoms with Crippen molar-refractivity contribution in [1.82, 2.24) is 10.1 Å². The second-order valence-electron chi connectivity index (χ2n) is 6.59. The highest BCUT2D eigenvalue weighted by Crippen LogP contribution is 2.41. The van der Waals surface area contributed by atoms with Crippen molar-refractivity contribution in [2.24, 2.45) is 5.92 Å². The molecule has 2 aromatic heterocycles. The van der Waals surface area contributed by atoms with Gasteiger partial charge in [-0.25, -0.2) is 4.79 Å². The number of aromatic nitrogens is 1. The third-order valence-corrected chi connectivity index (χ3v) is 6.40. The first-order chi connectivity index (χ1) is 12.0. The van der Waals surface area contributed by atoms with E-state index in [1.54, 1.807) is 18.2 Å². The molecule has 6 nitrogen and oxygen atoms in total. The Bertz CT molecular complexity index is 817. The average Bonchev–Trinajstić information content (AvgIpc) is 3.31. The van der Waals surface area contributed by atoms with Gasteiger partial charge in [0.05, 0.1) is 9.21 Å². The van der Waals surface area contributed by atoms with Crippen LogP contribution in [0.25, 0.3) is 10.6 Å². The highest BCUT2D eigenvalue weighted by molar-refractivity contribution is 7.19. The molecule has 1 aliphatic heterocycles. The topological polar surface area (TPSA) is 83.6 Å². The Kier molecular flexibility index (Phi) is 4.29. The number of carboxylic acids is 1. The van der Waals surface area contributed by atoms with Gasteiger partial charge in [-0.2, -0.15) is 0 Å². The first kappa shape index (κ1) is 16.6. The molecule has 2 aromatic rings. The third-order valence-electron chi connectivity index (χ3n) is 5.15. The monoisotopic (exact) mass is 380 g/mol. The predicted octanol–water partition coefficient (Wildman–Crippen LogP) is 3.91. The summed E-state index contributed by atoms with van der Waals surface area (Å²) in [6, 6.07) is 4.32. The van der Waals surface area contributed by atoms with Crippen LogP contribution in [0.2, 0.25) is 4.34 Å². The van der Waals surface area contributed by atoms with Gasteiger partial charge < -0.3 is 14.5 Å². The quantitative estimate of drug-likeness (QED) is 0.872. The van der Waals surface area contributed by atoms with Crippen LogP contribution in [0.5, 0.6) is 0 Å². The zero-order valence-corrected chi connectivity index (χ0v) is 14.9. The van der Waals surface area contributed by atoms with Crippen LogP contribution in [0.3, 0.4) is 0 Å². The fraction of sp³-hybridized carbons (Fsp3) is 0.471. The van der Waals surface area contributed by atoms with E-state index in [9.17, 15) is 14.7 Å². The summed E-state index contributed by atoms with van der Waals surface area (Å²) < 4.78 is 5.90. The van der Waals surface area contributed by atoms with E-state index < -0.39 is 12.0 Å². The summed E-state index contributed by atoms with van der Waals surface area (Å²) in [5, 5.41) is 13.4. The number of carbonyl (C=O) groups is 2. The molecule has 132 valence electrons. The number of likely N-dealkylation sites (tertiary alicyclic amines) is 1. The fourth-order valence-electron chi connectivity index (χ4n) is 4.04. The Balaban J connectivity index is 1.62. The molecular formula is C17H17ClN2O4S. The highest BCUT2D eigenvalue weighted by atomic mass is 35.5. The number of carboxylic acid groups (broad SMARTS) is 1. The number of halogens is 1. The van der Waals surface area contributed by atoms with Gasteiger partial charge >= 0.3 is 5.97 Å². The summed E-state index contributed by atoms with van der Waals surface area (Å²) in [7, 11) is 0. The van der Waals surface area contributed by atoms with Crippen LogP contribution in [0.4, 0.5) is 0 Å². The van der Waals surface area contributed by atoms with Crippen LogP contribution in [0, 0.1) is 5.92 Å². The second-order valence-corrected chi connectivity index (χ2v) is 8.31. The molecule has 1 aliphatic carbocycles. The molecule has 0 bridgehead atoms. The number of fused-ring (bicyclic) bond motifs is 1. The van der Waals surface area contributed by atoms with E-state index in [1.165, 1.54) is 16.2 Å². The molecule has 3 atom stereocenters. The Morgan fingerprint density at radius 3 is 2.84 bits per heavy atom. The van der Waals surface area contributed by atoms with Crippen molar-refractivity contribution in [3.05, 3.63) is 28.2 Å². The highest BCUT2D eigenvalue weighted by Gasteiger charge is 2.48. The number of hydrogen-bond acceptors (Lipinski definition) is 5. The zero-order chi connectivity index (χ0) is 17.6. The van der Waals surface area contributed by atoms with Gasteiger partial charge in [-0.1, -0.05) is 29.6 Å². The molecule has 8 heteroatoms. The van der Waals surface area contributed by atoms with Crippen LogP contribution < -0.4 is 0 Å². The first-order valence-corrected chi connectivity index (χ1v) is 9.52. The van der Waals surface area contributed by atoms with Crippen LogP contribution in [0.1, 0.15) is 42.6 Å². The minimum absolute atomic E-state index is 0.0151. The van der Waals surface area contributed by atoms with Gasteiger partial charge in [0, 0.05) is 12.1 Å². The summed E-state index contributed by atoms with van der Waals surface area (Å²) in [6.45, 7) is 0. The van der Waals surface area contributed by atoms with Gasteiger partial charge in [0.1, 0.15) is 6.04 Å². The Labute approximate surface area is 153 Å². The molecule has 1 amide bonds. The number of amides is 1. The van der Waals surface area contributed by atoms with E-state index in [0.29, 0.717) is 16.5 Å². The SMILES string of the molecule is O=C(O)C1CC2CCCCC2N1C(=O)c1cc(-c2ccc(Cl)s2)on1. The van der Waals surface area contributed by atoms with Crippen molar-refractivity contribution in [1.29, 1.82) is 0 Å². The van der Waals surface area contributed by atoms with Crippen molar-refractivity contribution in [2.75, 3.05) is 0 Å². The van der Waals surface area contributed by atoms with Crippen LogP contribution in [0.15, 0.2) is 22.7 Å². The number of carbonyl (C=O) groups excluding carboxylic acids is 1.